The SMILES string of the molecule is COC(=O)C1C(C)=NC(=O)NC12C(=O)Nc1cc(F)ccc12. The van der Waals surface area contributed by atoms with Crippen LogP contribution in [0.3, 0.4) is 0 Å². The zero-order chi connectivity index (χ0) is 16.1. The van der Waals surface area contributed by atoms with Crippen LogP contribution in [-0.4, -0.2) is 30.7 Å². The minimum Gasteiger partial charge on any atom is -0.468 e. The van der Waals surface area contributed by atoms with E-state index in [1.807, 2.05) is 0 Å². The van der Waals surface area contributed by atoms with Crippen molar-refractivity contribution in [2.24, 2.45) is 10.9 Å². The standard InChI is InChI=1S/C14H12FN3O4/c1-6-10(11(19)22-2)14(18-13(21)16-6)8-4-3-7(15)5-9(8)17-12(14)20/h3-5,10H,1-2H3,(H,17,20)(H,18,21). The number of carbonyl (C=O) groups is 3. The summed E-state index contributed by atoms with van der Waals surface area (Å²) in [5.74, 6) is -3.01. The average molecular weight is 305 g/mol. The zero-order valence-electron chi connectivity index (χ0n) is 11.8. The minimum absolute atomic E-state index is 0.155. The van der Waals surface area contributed by atoms with Crippen LogP contribution in [-0.2, 0) is 19.9 Å². The average Bonchev–Trinajstić information content (AvgIpc) is 2.69. The van der Waals surface area contributed by atoms with E-state index in [0.717, 1.165) is 12.1 Å². The van der Waals surface area contributed by atoms with Crippen molar-refractivity contribution in [2.45, 2.75) is 12.5 Å². The number of rotatable bonds is 1. The van der Waals surface area contributed by atoms with Crippen molar-refractivity contribution in [3.05, 3.63) is 29.6 Å². The molecule has 0 aromatic heterocycles. The summed E-state index contributed by atoms with van der Waals surface area (Å²) in [4.78, 5) is 40.2. The molecule has 2 aliphatic heterocycles. The molecule has 3 amide bonds. The molecular weight excluding hydrogens is 293 g/mol. The van der Waals surface area contributed by atoms with Crippen LogP contribution in [0.15, 0.2) is 23.2 Å². The number of carbonyl (C=O) groups excluding carboxylic acids is 3. The van der Waals surface area contributed by atoms with E-state index in [9.17, 15) is 18.8 Å². The van der Waals surface area contributed by atoms with Gasteiger partial charge in [0.25, 0.3) is 5.91 Å². The van der Waals surface area contributed by atoms with Gasteiger partial charge in [-0.1, -0.05) is 6.07 Å². The smallest absolute Gasteiger partial charge is 0.342 e. The number of nitrogens with one attached hydrogen (secondary N) is 2. The number of hydrogen-bond acceptors (Lipinski definition) is 4. The molecule has 0 saturated heterocycles. The van der Waals surface area contributed by atoms with Gasteiger partial charge in [-0.2, -0.15) is 0 Å². The first kappa shape index (κ1) is 14.2. The Morgan fingerprint density at radius 2 is 2.14 bits per heavy atom. The lowest BCUT2D eigenvalue weighted by molar-refractivity contribution is -0.148. The topological polar surface area (TPSA) is 96.9 Å². The molecule has 2 unspecified atom stereocenters. The molecular formula is C14H12FN3O4. The number of amides is 3. The second-order valence-electron chi connectivity index (χ2n) is 5.09. The van der Waals surface area contributed by atoms with Gasteiger partial charge in [0.05, 0.1) is 7.11 Å². The number of hydrogen-bond donors (Lipinski definition) is 2. The first-order valence-corrected chi connectivity index (χ1v) is 6.46. The molecule has 7 nitrogen and oxygen atoms in total. The van der Waals surface area contributed by atoms with E-state index < -0.39 is 35.2 Å². The summed E-state index contributed by atoms with van der Waals surface area (Å²) in [5, 5.41) is 4.94. The van der Waals surface area contributed by atoms with Gasteiger partial charge in [-0.15, -0.1) is 0 Å². The van der Waals surface area contributed by atoms with E-state index in [1.54, 1.807) is 0 Å². The number of aliphatic imine (C=N–C) groups is 1. The molecule has 1 aromatic rings. The van der Waals surface area contributed by atoms with Crippen LogP contribution in [0.4, 0.5) is 14.9 Å². The Morgan fingerprint density at radius 1 is 1.41 bits per heavy atom. The third kappa shape index (κ3) is 1.73. The van der Waals surface area contributed by atoms with Gasteiger partial charge in [-0.25, -0.2) is 14.2 Å². The number of anilines is 1. The number of ether oxygens (including phenoxy) is 1. The highest BCUT2D eigenvalue weighted by molar-refractivity contribution is 6.19. The zero-order valence-corrected chi connectivity index (χ0v) is 11.8. The maximum absolute atomic E-state index is 13.4. The van der Waals surface area contributed by atoms with Gasteiger partial charge in [0, 0.05) is 17.0 Å². The molecule has 3 rings (SSSR count). The maximum atomic E-state index is 13.4. The van der Waals surface area contributed by atoms with Gasteiger partial charge >= 0.3 is 12.0 Å². The molecule has 2 aliphatic rings. The van der Waals surface area contributed by atoms with Crippen LogP contribution in [0, 0.1) is 11.7 Å². The Kier molecular flexibility index (Phi) is 2.98. The van der Waals surface area contributed by atoms with Crippen molar-refractivity contribution >= 4 is 29.3 Å². The molecule has 0 radical (unpaired) electrons. The number of methoxy groups -OCH3 is 1. The summed E-state index contributed by atoms with van der Waals surface area (Å²) in [7, 11) is 1.18. The molecule has 1 aromatic carbocycles. The van der Waals surface area contributed by atoms with Crippen molar-refractivity contribution < 1.29 is 23.5 Å². The van der Waals surface area contributed by atoms with E-state index >= 15 is 0 Å². The van der Waals surface area contributed by atoms with Gasteiger partial charge in [0.2, 0.25) is 0 Å². The Balaban J connectivity index is 2.27. The van der Waals surface area contributed by atoms with Crippen LogP contribution >= 0.6 is 0 Å². The Labute approximate surface area is 124 Å². The lowest BCUT2D eigenvalue weighted by atomic mass is 9.75. The quantitative estimate of drug-likeness (QED) is 0.755. The highest BCUT2D eigenvalue weighted by Gasteiger charge is 2.59. The predicted octanol–water partition coefficient (Wildman–Crippen LogP) is 0.946. The first-order valence-electron chi connectivity index (χ1n) is 6.46. The van der Waals surface area contributed by atoms with Gasteiger partial charge in [0.1, 0.15) is 11.7 Å². The van der Waals surface area contributed by atoms with Crippen LogP contribution in [0.25, 0.3) is 0 Å². The lowest BCUT2D eigenvalue weighted by Gasteiger charge is -2.36. The van der Waals surface area contributed by atoms with Crippen molar-refractivity contribution in [2.75, 3.05) is 12.4 Å². The third-order valence-electron chi connectivity index (χ3n) is 3.88. The fourth-order valence-electron chi connectivity index (χ4n) is 2.99. The van der Waals surface area contributed by atoms with E-state index in [1.165, 1.54) is 20.1 Å². The van der Waals surface area contributed by atoms with Gasteiger partial charge < -0.3 is 15.4 Å². The maximum Gasteiger partial charge on any atom is 0.342 e. The molecule has 8 heteroatoms. The first-order chi connectivity index (χ1) is 10.4. The van der Waals surface area contributed by atoms with Crippen LogP contribution in [0.2, 0.25) is 0 Å². The summed E-state index contributed by atoms with van der Waals surface area (Å²) < 4.78 is 18.1. The molecule has 22 heavy (non-hydrogen) atoms. The number of benzene rings is 1. The lowest BCUT2D eigenvalue weighted by Crippen LogP contribution is -2.62. The van der Waals surface area contributed by atoms with Gasteiger partial charge in [-0.05, 0) is 19.1 Å². The van der Waals surface area contributed by atoms with Gasteiger partial charge in [-0.3, -0.25) is 9.59 Å². The van der Waals surface area contributed by atoms with Gasteiger partial charge in [0.15, 0.2) is 5.54 Å². The predicted molar refractivity (Wildman–Crippen MR) is 73.9 cm³/mol. The fraction of sp³-hybridized carbons (Fsp3) is 0.286. The summed E-state index contributed by atoms with van der Waals surface area (Å²) in [6.45, 7) is 1.47. The molecule has 2 heterocycles. The molecule has 2 atom stereocenters. The summed E-state index contributed by atoms with van der Waals surface area (Å²) in [6.07, 6.45) is 0. The third-order valence-corrected chi connectivity index (χ3v) is 3.88. The van der Waals surface area contributed by atoms with Crippen LogP contribution in [0.1, 0.15) is 12.5 Å². The van der Waals surface area contributed by atoms with E-state index in [4.69, 9.17) is 4.74 Å². The van der Waals surface area contributed by atoms with Crippen molar-refractivity contribution in [3.8, 4) is 0 Å². The van der Waals surface area contributed by atoms with E-state index in [2.05, 4.69) is 15.6 Å². The van der Waals surface area contributed by atoms with Crippen LogP contribution < -0.4 is 10.6 Å². The summed E-state index contributed by atoms with van der Waals surface area (Å²) in [6, 6.07) is 2.90. The number of fused-ring (bicyclic) bond motifs is 2. The largest absolute Gasteiger partial charge is 0.468 e. The van der Waals surface area contributed by atoms with Crippen LogP contribution in [0.5, 0.6) is 0 Å². The minimum atomic E-state index is -1.68. The van der Waals surface area contributed by atoms with Crippen molar-refractivity contribution in [1.29, 1.82) is 0 Å². The van der Waals surface area contributed by atoms with E-state index in [0.29, 0.717) is 5.56 Å². The monoisotopic (exact) mass is 305 g/mol. The Hall–Kier alpha value is -2.77. The summed E-state index contributed by atoms with van der Waals surface area (Å²) in [5.41, 5.74) is -1.02. The molecule has 0 aliphatic carbocycles. The number of esters is 1. The molecule has 2 N–H and O–H groups in total. The normalized spacial score (nSPS) is 26.1. The Morgan fingerprint density at radius 3 is 2.82 bits per heavy atom. The molecule has 0 fully saturated rings. The molecule has 1 spiro atoms. The highest BCUT2D eigenvalue weighted by atomic mass is 19.1. The number of urea groups is 1. The highest BCUT2D eigenvalue weighted by Crippen LogP contribution is 2.44. The molecule has 0 bridgehead atoms. The van der Waals surface area contributed by atoms with Crippen molar-refractivity contribution in [3.63, 3.8) is 0 Å². The fourth-order valence-corrected chi connectivity index (χ4v) is 2.99. The second-order valence-corrected chi connectivity index (χ2v) is 5.09. The van der Waals surface area contributed by atoms with Crippen molar-refractivity contribution in [1.82, 2.24) is 5.32 Å². The number of nitrogens with zero attached hydrogens (tertiary/aromatic N) is 1. The Bertz CT molecular complexity index is 746. The second kappa shape index (κ2) is 4.62. The number of halogens is 1. The molecule has 114 valence electrons. The van der Waals surface area contributed by atoms with E-state index in [-0.39, 0.29) is 11.4 Å². The molecule has 0 saturated carbocycles. The summed E-state index contributed by atoms with van der Waals surface area (Å²) >= 11 is 0.